The molecule has 1 heterocycles. The molecule has 2 heteroatoms. The maximum atomic E-state index is 3.68. The third-order valence-electron chi connectivity index (χ3n) is 4.80. The van der Waals surface area contributed by atoms with Crippen LogP contribution in [0.3, 0.4) is 0 Å². The SMILES string of the molecule is C[C@@H](NCc1c[nH]cc1-c1ccccc1)c1cccc2ccccc12. The van der Waals surface area contributed by atoms with Crippen molar-refractivity contribution in [3.05, 3.63) is 96.3 Å². The standard InChI is InChI=1S/C23H22N2/c1-17(21-13-7-11-18-10-5-6-12-22(18)21)25-15-20-14-24-16-23(20)19-8-3-2-4-9-19/h2-14,16-17,24-25H,15H2,1H3/t17-/m1/s1. The first-order valence-electron chi connectivity index (χ1n) is 8.75. The van der Waals surface area contributed by atoms with Gasteiger partial charge >= 0.3 is 0 Å². The molecule has 0 unspecified atom stereocenters. The zero-order valence-electron chi connectivity index (χ0n) is 14.4. The number of hydrogen-bond acceptors (Lipinski definition) is 1. The van der Waals surface area contributed by atoms with E-state index in [0.717, 1.165) is 6.54 Å². The molecule has 0 amide bonds. The van der Waals surface area contributed by atoms with Gasteiger partial charge in [0.05, 0.1) is 0 Å². The fraction of sp³-hybridized carbons (Fsp3) is 0.130. The second-order valence-electron chi connectivity index (χ2n) is 6.43. The average molecular weight is 326 g/mol. The summed E-state index contributed by atoms with van der Waals surface area (Å²) in [5.41, 5.74) is 5.14. The molecule has 4 rings (SSSR count). The summed E-state index contributed by atoms with van der Waals surface area (Å²) in [6.07, 6.45) is 4.17. The van der Waals surface area contributed by atoms with Crippen molar-refractivity contribution in [2.75, 3.05) is 0 Å². The predicted molar refractivity (Wildman–Crippen MR) is 105 cm³/mol. The molecule has 2 N–H and O–H groups in total. The van der Waals surface area contributed by atoms with E-state index in [9.17, 15) is 0 Å². The van der Waals surface area contributed by atoms with E-state index in [0.29, 0.717) is 0 Å². The van der Waals surface area contributed by atoms with Crippen molar-refractivity contribution in [2.45, 2.75) is 19.5 Å². The number of rotatable bonds is 5. The van der Waals surface area contributed by atoms with Crippen molar-refractivity contribution in [3.63, 3.8) is 0 Å². The number of benzene rings is 3. The van der Waals surface area contributed by atoms with Crippen molar-refractivity contribution < 1.29 is 0 Å². The molecular weight excluding hydrogens is 304 g/mol. The predicted octanol–water partition coefficient (Wildman–Crippen LogP) is 5.69. The Hall–Kier alpha value is -2.84. The molecule has 2 nitrogen and oxygen atoms in total. The third-order valence-corrected chi connectivity index (χ3v) is 4.80. The molecule has 0 aliphatic rings. The molecule has 3 aromatic carbocycles. The molecule has 1 aromatic heterocycles. The Kier molecular flexibility index (Phi) is 4.36. The van der Waals surface area contributed by atoms with Gasteiger partial charge in [0, 0.05) is 30.5 Å². The van der Waals surface area contributed by atoms with Crippen LogP contribution < -0.4 is 5.32 Å². The van der Waals surface area contributed by atoms with Gasteiger partial charge in [-0.3, -0.25) is 0 Å². The lowest BCUT2D eigenvalue weighted by Gasteiger charge is -2.17. The lowest BCUT2D eigenvalue weighted by atomic mass is 9.99. The van der Waals surface area contributed by atoms with Gasteiger partial charge in [-0.05, 0) is 34.4 Å². The Labute approximate surface area is 148 Å². The van der Waals surface area contributed by atoms with Gasteiger partial charge in [0.25, 0.3) is 0 Å². The molecule has 124 valence electrons. The molecule has 0 bridgehead atoms. The van der Waals surface area contributed by atoms with Crippen LogP contribution in [-0.4, -0.2) is 4.98 Å². The van der Waals surface area contributed by atoms with Crippen molar-refractivity contribution in [3.8, 4) is 11.1 Å². The first-order chi connectivity index (χ1) is 12.3. The minimum absolute atomic E-state index is 0.282. The Morgan fingerprint density at radius 1 is 0.840 bits per heavy atom. The number of nitrogens with one attached hydrogen (secondary N) is 2. The van der Waals surface area contributed by atoms with Crippen LogP contribution in [0.4, 0.5) is 0 Å². The highest BCUT2D eigenvalue weighted by Gasteiger charge is 2.11. The molecule has 1 atom stereocenters. The molecule has 0 radical (unpaired) electrons. The summed E-state index contributed by atoms with van der Waals surface area (Å²) in [5, 5.41) is 6.30. The van der Waals surface area contributed by atoms with Crippen LogP contribution in [0.1, 0.15) is 24.1 Å². The normalized spacial score (nSPS) is 12.4. The smallest absolute Gasteiger partial charge is 0.0301 e. The van der Waals surface area contributed by atoms with Gasteiger partial charge in [-0.2, -0.15) is 0 Å². The monoisotopic (exact) mass is 326 g/mol. The van der Waals surface area contributed by atoms with E-state index >= 15 is 0 Å². The molecule has 0 fully saturated rings. The van der Waals surface area contributed by atoms with E-state index in [-0.39, 0.29) is 6.04 Å². The van der Waals surface area contributed by atoms with E-state index in [1.807, 2.05) is 0 Å². The molecule has 25 heavy (non-hydrogen) atoms. The lowest BCUT2D eigenvalue weighted by Crippen LogP contribution is -2.18. The van der Waals surface area contributed by atoms with Crippen molar-refractivity contribution in [1.82, 2.24) is 10.3 Å². The van der Waals surface area contributed by atoms with Crippen LogP contribution in [0.15, 0.2) is 85.2 Å². The molecule has 0 spiro atoms. The number of H-pyrrole nitrogens is 1. The maximum Gasteiger partial charge on any atom is 0.0301 e. The Balaban J connectivity index is 1.55. The summed E-state index contributed by atoms with van der Waals surface area (Å²) in [5.74, 6) is 0. The minimum Gasteiger partial charge on any atom is -0.367 e. The minimum atomic E-state index is 0.282. The van der Waals surface area contributed by atoms with Gasteiger partial charge in [0.1, 0.15) is 0 Å². The van der Waals surface area contributed by atoms with E-state index in [2.05, 4.69) is 102 Å². The fourth-order valence-electron chi connectivity index (χ4n) is 3.43. The number of fused-ring (bicyclic) bond motifs is 1. The van der Waals surface area contributed by atoms with Crippen LogP contribution in [0.2, 0.25) is 0 Å². The Bertz CT molecular complexity index is 964. The highest BCUT2D eigenvalue weighted by atomic mass is 14.9. The van der Waals surface area contributed by atoms with E-state index in [4.69, 9.17) is 0 Å². The molecule has 0 saturated heterocycles. The van der Waals surface area contributed by atoms with Crippen LogP contribution in [-0.2, 0) is 6.54 Å². The Morgan fingerprint density at radius 2 is 1.60 bits per heavy atom. The summed E-state index contributed by atoms with van der Waals surface area (Å²) in [6.45, 7) is 3.06. The van der Waals surface area contributed by atoms with Gasteiger partial charge in [-0.25, -0.2) is 0 Å². The summed E-state index contributed by atoms with van der Waals surface area (Å²) in [4.78, 5) is 3.25. The van der Waals surface area contributed by atoms with E-state index in [1.54, 1.807) is 0 Å². The highest BCUT2D eigenvalue weighted by Crippen LogP contribution is 2.26. The van der Waals surface area contributed by atoms with Crippen molar-refractivity contribution >= 4 is 10.8 Å². The molecule has 0 saturated carbocycles. The zero-order valence-corrected chi connectivity index (χ0v) is 14.4. The summed E-state index contributed by atoms with van der Waals surface area (Å²) < 4.78 is 0. The van der Waals surface area contributed by atoms with Gasteiger partial charge < -0.3 is 10.3 Å². The zero-order chi connectivity index (χ0) is 17.1. The molecule has 0 aliphatic carbocycles. The number of hydrogen-bond donors (Lipinski definition) is 2. The fourth-order valence-corrected chi connectivity index (χ4v) is 3.43. The van der Waals surface area contributed by atoms with Crippen LogP contribution in [0.25, 0.3) is 21.9 Å². The second-order valence-corrected chi connectivity index (χ2v) is 6.43. The first kappa shape index (κ1) is 15.7. The maximum absolute atomic E-state index is 3.68. The first-order valence-corrected chi connectivity index (χ1v) is 8.75. The molecule has 4 aromatic rings. The van der Waals surface area contributed by atoms with Gasteiger partial charge in [-0.1, -0.05) is 72.8 Å². The van der Waals surface area contributed by atoms with Gasteiger partial charge in [-0.15, -0.1) is 0 Å². The summed E-state index contributed by atoms with van der Waals surface area (Å²) >= 11 is 0. The second kappa shape index (κ2) is 6.96. The topological polar surface area (TPSA) is 27.8 Å². The summed E-state index contributed by atoms with van der Waals surface area (Å²) in [7, 11) is 0. The van der Waals surface area contributed by atoms with E-state index < -0.39 is 0 Å². The average Bonchev–Trinajstić information content (AvgIpc) is 3.15. The number of aromatic amines is 1. The third kappa shape index (κ3) is 3.21. The highest BCUT2D eigenvalue weighted by molar-refractivity contribution is 5.86. The van der Waals surface area contributed by atoms with Gasteiger partial charge in [0.15, 0.2) is 0 Å². The summed E-state index contributed by atoms with van der Waals surface area (Å²) in [6, 6.07) is 25.9. The van der Waals surface area contributed by atoms with Crippen molar-refractivity contribution in [1.29, 1.82) is 0 Å². The largest absolute Gasteiger partial charge is 0.367 e. The molecule has 0 aliphatic heterocycles. The van der Waals surface area contributed by atoms with Crippen LogP contribution >= 0.6 is 0 Å². The molecular formula is C23H22N2. The lowest BCUT2D eigenvalue weighted by molar-refractivity contribution is 0.579. The van der Waals surface area contributed by atoms with Crippen molar-refractivity contribution in [2.24, 2.45) is 0 Å². The van der Waals surface area contributed by atoms with Gasteiger partial charge in [0.2, 0.25) is 0 Å². The number of aromatic nitrogens is 1. The Morgan fingerprint density at radius 3 is 2.48 bits per heavy atom. The quantitative estimate of drug-likeness (QED) is 0.485. The van der Waals surface area contributed by atoms with Crippen LogP contribution in [0.5, 0.6) is 0 Å². The van der Waals surface area contributed by atoms with E-state index in [1.165, 1.54) is 33.0 Å². The van der Waals surface area contributed by atoms with Crippen LogP contribution in [0, 0.1) is 0 Å².